The second kappa shape index (κ2) is 6.34. The van der Waals surface area contributed by atoms with E-state index in [1.807, 2.05) is 48.7 Å². The van der Waals surface area contributed by atoms with Crippen molar-refractivity contribution in [3.05, 3.63) is 64.5 Å². The van der Waals surface area contributed by atoms with Crippen LogP contribution in [0.25, 0.3) is 0 Å². The monoisotopic (exact) mass is 423 g/mol. The van der Waals surface area contributed by atoms with Crippen molar-refractivity contribution in [1.82, 2.24) is 9.72 Å². The lowest BCUT2D eigenvalue weighted by Crippen LogP contribution is -2.26. The van der Waals surface area contributed by atoms with Gasteiger partial charge in [0.2, 0.25) is 0 Å². The van der Waals surface area contributed by atoms with Crippen LogP contribution in [0, 0.1) is 6.92 Å². The minimum Gasteiger partial charge on any atom is -0.343 e. The van der Waals surface area contributed by atoms with E-state index in [9.17, 15) is 8.42 Å². The Balaban J connectivity index is 1.91. The Morgan fingerprint density at radius 2 is 1.88 bits per heavy atom. The number of aryl methyl sites for hydroxylation is 1. The van der Waals surface area contributed by atoms with Gasteiger partial charge in [-0.25, -0.2) is 13.1 Å². The number of sulfonamides is 1. The normalized spacial score (nSPS) is 12.3. The van der Waals surface area contributed by atoms with Gasteiger partial charge in [0.15, 0.2) is 0 Å². The quantitative estimate of drug-likeness (QED) is 0.668. The number of rotatable bonds is 5. The molecule has 6 nitrogen and oxygen atoms in total. The molecule has 25 heavy (non-hydrogen) atoms. The zero-order valence-electron chi connectivity index (χ0n) is 14.0. The van der Waals surface area contributed by atoms with E-state index in [4.69, 9.17) is 4.52 Å². The highest BCUT2D eigenvalue weighted by Gasteiger charge is 2.26. The minimum absolute atomic E-state index is 0.0626. The van der Waals surface area contributed by atoms with Gasteiger partial charge in [0.1, 0.15) is 9.37 Å². The summed E-state index contributed by atoms with van der Waals surface area (Å²) in [6.07, 6.45) is 3.36. The van der Waals surface area contributed by atoms with Gasteiger partial charge in [-0.05, 0) is 48.3 Å². The molecule has 0 fully saturated rings. The molecule has 2 heterocycles. The lowest BCUT2D eigenvalue weighted by atomic mass is 9.94. The molecule has 1 N–H and O–H groups in total. The molecule has 3 rings (SSSR count). The summed E-state index contributed by atoms with van der Waals surface area (Å²) in [6, 6.07) is 11.5. The van der Waals surface area contributed by atoms with Gasteiger partial charge in [0.05, 0.1) is 11.2 Å². The van der Waals surface area contributed by atoms with Crippen molar-refractivity contribution in [2.45, 2.75) is 31.2 Å². The summed E-state index contributed by atoms with van der Waals surface area (Å²) in [5.74, 6) is 0.0626. The Bertz CT molecular complexity index is 991. The van der Waals surface area contributed by atoms with Crippen molar-refractivity contribution in [2.24, 2.45) is 0 Å². The second-order valence-corrected chi connectivity index (χ2v) is 8.67. The molecule has 0 atom stereocenters. The Hall–Kier alpha value is -2.06. The van der Waals surface area contributed by atoms with Gasteiger partial charge in [-0.15, -0.1) is 0 Å². The Kier molecular flexibility index (Phi) is 4.51. The van der Waals surface area contributed by atoms with Crippen LogP contribution >= 0.6 is 15.9 Å². The highest BCUT2D eigenvalue weighted by Crippen LogP contribution is 2.30. The van der Waals surface area contributed by atoms with Crippen LogP contribution < -0.4 is 4.72 Å². The van der Waals surface area contributed by atoms with Crippen LogP contribution in [0.1, 0.15) is 25.1 Å². The minimum atomic E-state index is -3.78. The number of benzene rings is 1. The van der Waals surface area contributed by atoms with Crippen molar-refractivity contribution in [3.8, 4) is 0 Å². The van der Waals surface area contributed by atoms with Crippen LogP contribution in [0.2, 0.25) is 0 Å². The Morgan fingerprint density at radius 1 is 1.20 bits per heavy atom. The van der Waals surface area contributed by atoms with Gasteiger partial charge in [0.25, 0.3) is 15.9 Å². The zero-order valence-corrected chi connectivity index (χ0v) is 16.4. The third-order valence-corrected chi connectivity index (χ3v) is 6.37. The fourth-order valence-corrected chi connectivity index (χ4v) is 3.85. The molecule has 0 bridgehead atoms. The fourth-order valence-electron chi connectivity index (χ4n) is 2.48. The van der Waals surface area contributed by atoms with Gasteiger partial charge in [-0.1, -0.05) is 35.5 Å². The number of anilines is 1. The van der Waals surface area contributed by atoms with E-state index in [1.54, 1.807) is 25.4 Å². The molecule has 0 saturated carbocycles. The summed E-state index contributed by atoms with van der Waals surface area (Å²) < 4.78 is 35.0. The first-order chi connectivity index (χ1) is 11.7. The molecule has 0 aliphatic heterocycles. The number of hydrogen-bond acceptors (Lipinski definition) is 4. The zero-order chi connectivity index (χ0) is 18.2. The summed E-state index contributed by atoms with van der Waals surface area (Å²) in [5.41, 5.74) is 1.26. The van der Waals surface area contributed by atoms with Crippen LogP contribution in [0.5, 0.6) is 0 Å². The molecule has 8 heteroatoms. The van der Waals surface area contributed by atoms with Crippen molar-refractivity contribution in [3.63, 3.8) is 0 Å². The third kappa shape index (κ3) is 3.36. The lowest BCUT2D eigenvalue weighted by Gasteiger charge is -2.27. The van der Waals surface area contributed by atoms with Gasteiger partial charge < -0.3 is 9.09 Å². The van der Waals surface area contributed by atoms with Gasteiger partial charge in [-0.2, -0.15) is 0 Å². The maximum absolute atomic E-state index is 12.6. The predicted octanol–water partition coefficient (Wildman–Crippen LogP) is 4.13. The van der Waals surface area contributed by atoms with E-state index in [0.717, 1.165) is 5.56 Å². The first-order valence-corrected chi connectivity index (χ1v) is 9.88. The standard InChI is InChI=1S/C17H18BrN3O3S/c1-12-15(18)16(24-19-12)20-25(22,23)14-9-10-21(11-14)17(2,3)13-7-5-4-6-8-13/h4-11,20H,1-3H3. The van der Waals surface area contributed by atoms with Gasteiger partial charge in [-0.3, -0.25) is 0 Å². The molecule has 0 saturated heterocycles. The van der Waals surface area contributed by atoms with Crippen molar-refractivity contribution < 1.29 is 12.9 Å². The Labute approximate surface area is 155 Å². The lowest BCUT2D eigenvalue weighted by molar-refractivity contribution is 0.430. The summed E-state index contributed by atoms with van der Waals surface area (Å²) in [5, 5.41) is 3.72. The molecule has 0 aliphatic rings. The fraction of sp³-hybridized carbons (Fsp3) is 0.235. The largest absolute Gasteiger partial charge is 0.343 e. The van der Waals surface area contributed by atoms with Crippen LogP contribution in [0.3, 0.4) is 0 Å². The SMILES string of the molecule is Cc1noc(NS(=O)(=O)c2ccn(C(C)(C)c3ccccc3)c2)c1Br. The smallest absolute Gasteiger partial charge is 0.265 e. The van der Waals surface area contributed by atoms with E-state index in [-0.39, 0.29) is 10.8 Å². The molecular formula is C17H18BrN3O3S. The van der Waals surface area contributed by atoms with Crippen LogP contribution in [-0.2, 0) is 15.6 Å². The number of aromatic nitrogens is 2. The summed E-state index contributed by atoms with van der Waals surface area (Å²) in [6.45, 7) is 5.77. The van der Waals surface area contributed by atoms with Crippen LogP contribution in [0.4, 0.5) is 5.88 Å². The van der Waals surface area contributed by atoms with Crippen molar-refractivity contribution >= 4 is 31.8 Å². The maximum atomic E-state index is 12.6. The van der Waals surface area contributed by atoms with Gasteiger partial charge >= 0.3 is 0 Å². The molecule has 2 aromatic heterocycles. The third-order valence-electron chi connectivity index (χ3n) is 4.12. The van der Waals surface area contributed by atoms with E-state index < -0.39 is 15.6 Å². The second-order valence-electron chi connectivity index (χ2n) is 6.20. The van der Waals surface area contributed by atoms with Crippen molar-refractivity contribution in [2.75, 3.05) is 4.72 Å². The maximum Gasteiger partial charge on any atom is 0.265 e. The highest BCUT2D eigenvalue weighted by atomic mass is 79.9. The average molecular weight is 424 g/mol. The average Bonchev–Trinajstić information content (AvgIpc) is 3.20. The molecule has 0 radical (unpaired) electrons. The van der Waals surface area contributed by atoms with Crippen LogP contribution in [-0.4, -0.2) is 18.1 Å². The topological polar surface area (TPSA) is 77.1 Å². The van der Waals surface area contributed by atoms with Gasteiger partial charge in [0, 0.05) is 12.4 Å². The summed E-state index contributed by atoms with van der Waals surface area (Å²) in [7, 11) is -3.78. The van der Waals surface area contributed by atoms with Crippen LogP contribution in [0.15, 0.2) is 62.7 Å². The number of hydrogen-bond donors (Lipinski definition) is 1. The highest BCUT2D eigenvalue weighted by molar-refractivity contribution is 9.10. The van der Waals surface area contributed by atoms with E-state index in [1.165, 1.54) is 0 Å². The molecule has 0 unspecified atom stereocenters. The first kappa shape index (κ1) is 17.8. The van der Waals surface area contributed by atoms with E-state index >= 15 is 0 Å². The molecule has 3 aromatic rings. The molecule has 0 amide bonds. The van der Waals surface area contributed by atoms with E-state index in [0.29, 0.717) is 10.2 Å². The predicted molar refractivity (Wildman–Crippen MR) is 99.0 cm³/mol. The summed E-state index contributed by atoms with van der Waals surface area (Å²) >= 11 is 3.25. The molecule has 0 spiro atoms. The number of nitrogens with zero attached hydrogens (tertiary/aromatic N) is 2. The number of nitrogens with one attached hydrogen (secondary N) is 1. The Morgan fingerprint density at radius 3 is 2.48 bits per heavy atom. The molecule has 132 valence electrons. The van der Waals surface area contributed by atoms with E-state index in [2.05, 4.69) is 25.8 Å². The molecule has 0 aliphatic carbocycles. The first-order valence-electron chi connectivity index (χ1n) is 7.60. The number of halogens is 1. The molecular weight excluding hydrogens is 406 g/mol. The van der Waals surface area contributed by atoms with Crippen molar-refractivity contribution in [1.29, 1.82) is 0 Å². The summed E-state index contributed by atoms with van der Waals surface area (Å²) in [4.78, 5) is 0.150. The molecule has 1 aromatic carbocycles.